The Morgan fingerprint density at radius 3 is 2.50 bits per heavy atom. The molecule has 1 atom stereocenters. The van der Waals surface area contributed by atoms with Crippen molar-refractivity contribution in [3.05, 3.63) is 29.3 Å². The van der Waals surface area contributed by atoms with E-state index in [1.54, 1.807) is 0 Å². The van der Waals surface area contributed by atoms with Crippen molar-refractivity contribution >= 4 is 0 Å². The third kappa shape index (κ3) is 2.74. The molecule has 1 rings (SSSR count). The number of rotatable bonds is 4. The minimum absolute atomic E-state index is 0.136. The van der Waals surface area contributed by atoms with E-state index in [9.17, 15) is 0 Å². The van der Waals surface area contributed by atoms with Gasteiger partial charge in [0.1, 0.15) is 11.9 Å². The van der Waals surface area contributed by atoms with Crippen LogP contribution in [-0.2, 0) is 0 Å². The number of benzene rings is 1. The summed E-state index contributed by atoms with van der Waals surface area (Å²) in [5.74, 6) is 0.922. The summed E-state index contributed by atoms with van der Waals surface area (Å²) in [7, 11) is 0. The van der Waals surface area contributed by atoms with Gasteiger partial charge in [-0.3, -0.25) is 0 Å². The van der Waals surface area contributed by atoms with Gasteiger partial charge in [-0.1, -0.05) is 13.0 Å². The monoisotopic (exact) mass is 193 g/mol. The number of ether oxygens (including phenoxy) is 1. The molecule has 0 radical (unpaired) electrons. The van der Waals surface area contributed by atoms with Gasteiger partial charge in [-0.05, 0) is 43.5 Å². The van der Waals surface area contributed by atoms with Crippen LogP contribution in [0.5, 0.6) is 5.75 Å². The van der Waals surface area contributed by atoms with Crippen LogP contribution in [0.25, 0.3) is 0 Å². The molecule has 78 valence electrons. The molecule has 14 heavy (non-hydrogen) atoms. The molecule has 0 amide bonds. The van der Waals surface area contributed by atoms with E-state index < -0.39 is 0 Å². The van der Waals surface area contributed by atoms with Crippen LogP contribution in [0.15, 0.2) is 18.2 Å². The molecule has 0 aliphatic carbocycles. The van der Waals surface area contributed by atoms with Crippen LogP contribution in [0.3, 0.4) is 0 Å². The largest absolute Gasteiger partial charge is 0.489 e. The first-order chi connectivity index (χ1) is 6.67. The summed E-state index contributed by atoms with van der Waals surface area (Å²) in [5.41, 5.74) is 8.12. The molecule has 0 heterocycles. The number of hydrogen-bond acceptors (Lipinski definition) is 2. The van der Waals surface area contributed by atoms with Gasteiger partial charge in [0, 0.05) is 6.54 Å². The average Bonchev–Trinajstić information content (AvgIpc) is 2.19. The summed E-state index contributed by atoms with van der Waals surface area (Å²) < 4.78 is 5.72. The maximum atomic E-state index is 5.72. The molecule has 0 saturated heterocycles. The summed E-state index contributed by atoms with van der Waals surface area (Å²) in [4.78, 5) is 0. The molecule has 2 nitrogen and oxygen atoms in total. The second-order valence-electron chi connectivity index (χ2n) is 3.63. The molecule has 0 aliphatic heterocycles. The predicted octanol–water partition coefficient (Wildman–Crippen LogP) is 2.42. The fourth-order valence-corrected chi connectivity index (χ4v) is 1.28. The first kappa shape index (κ1) is 11.1. The third-order valence-corrected chi connectivity index (χ3v) is 2.50. The highest BCUT2D eigenvalue weighted by atomic mass is 16.5. The summed E-state index contributed by atoms with van der Waals surface area (Å²) >= 11 is 0. The molecular formula is C12H19NO. The third-order valence-electron chi connectivity index (χ3n) is 2.50. The van der Waals surface area contributed by atoms with Crippen molar-refractivity contribution in [3.8, 4) is 5.75 Å². The SMILES string of the molecule is CCC(CN)Oc1ccc(C)c(C)c1. The number of hydrogen-bond donors (Lipinski definition) is 1. The highest BCUT2D eigenvalue weighted by molar-refractivity contribution is 5.33. The Balaban J connectivity index is 2.72. The van der Waals surface area contributed by atoms with Gasteiger partial charge in [0.2, 0.25) is 0 Å². The number of nitrogens with two attached hydrogens (primary N) is 1. The standard InChI is InChI=1S/C12H19NO/c1-4-11(8-13)14-12-6-5-9(2)10(3)7-12/h5-7,11H,4,8,13H2,1-3H3. The van der Waals surface area contributed by atoms with Gasteiger partial charge >= 0.3 is 0 Å². The zero-order valence-corrected chi connectivity index (χ0v) is 9.21. The van der Waals surface area contributed by atoms with Crippen molar-refractivity contribution in [1.29, 1.82) is 0 Å². The lowest BCUT2D eigenvalue weighted by atomic mass is 10.1. The maximum Gasteiger partial charge on any atom is 0.120 e. The lowest BCUT2D eigenvalue weighted by Gasteiger charge is -2.16. The van der Waals surface area contributed by atoms with Crippen LogP contribution in [0.4, 0.5) is 0 Å². The van der Waals surface area contributed by atoms with Crippen molar-refractivity contribution in [1.82, 2.24) is 0 Å². The lowest BCUT2D eigenvalue weighted by molar-refractivity contribution is 0.205. The van der Waals surface area contributed by atoms with Crippen molar-refractivity contribution in [3.63, 3.8) is 0 Å². The van der Waals surface area contributed by atoms with Gasteiger partial charge < -0.3 is 10.5 Å². The Bertz CT molecular complexity index is 292. The van der Waals surface area contributed by atoms with Gasteiger partial charge in [0.05, 0.1) is 0 Å². The minimum Gasteiger partial charge on any atom is -0.489 e. The van der Waals surface area contributed by atoms with Gasteiger partial charge in [-0.25, -0.2) is 0 Å². The van der Waals surface area contributed by atoms with Crippen molar-refractivity contribution in [2.75, 3.05) is 6.54 Å². The molecule has 1 unspecified atom stereocenters. The normalized spacial score (nSPS) is 12.6. The van der Waals surface area contributed by atoms with Gasteiger partial charge in [0.15, 0.2) is 0 Å². The predicted molar refractivity (Wildman–Crippen MR) is 59.7 cm³/mol. The zero-order valence-electron chi connectivity index (χ0n) is 9.21. The quantitative estimate of drug-likeness (QED) is 0.797. The second-order valence-corrected chi connectivity index (χ2v) is 3.63. The topological polar surface area (TPSA) is 35.2 Å². The summed E-state index contributed by atoms with van der Waals surface area (Å²) in [6.07, 6.45) is 1.08. The fourth-order valence-electron chi connectivity index (χ4n) is 1.28. The van der Waals surface area contributed by atoms with E-state index in [0.29, 0.717) is 6.54 Å². The Kier molecular flexibility index (Phi) is 3.96. The van der Waals surface area contributed by atoms with E-state index in [4.69, 9.17) is 10.5 Å². The van der Waals surface area contributed by atoms with E-state index in [-0.39, 0.29) is 6.10 Å². The van der Waals surface area contributed by atoms with E-state index in [1.165, 1.54) is 11.1 Å². The molecule has 0 saturated carbocycles. The van der Waals surface area contributed by atoms with E-state index >= 15 is 0 Å². The molecule has 2 N–H and O–H groups in total. The fraction of sp³-hybridized carbons (Fsp3) is 0.500. The van der Waals surface area contributed by atoms with Crippen LogP contribution in [0.2, 0.25) is 0 Å². The van der Waals surface area contributed by atoms with E-state index in [0.717, 1.165) is 12.2 Å². The van der Waals surface area contributed by atoms with Crippen molar-refractivity contribution < 1.29 is 4.74 Å². The Labute approximate surface area is 86.1 Å². The minimum atomic E-state index is 0.136. The molecule has 0 aromatic heterocycles. The van der Waals surface area contributed by atoms with Crippen LogP contribution in [0, 0.1) is 13.8 Å². The number of aryl methyl sites for hydroxylation is 2. The summed E-state index contributed by atoms with van der Waals surface area (Å²) in [5, 5.41) is 0. The van der Waals surface area contributed by atoms with Crippen molar-refractivity contribution in [2.24, 2.45) is 5.73 Å². The molecule has 0 aliphatic rings. The van der Waals surface area contributed by atoms with Crippen molar-refractivity contribution in [2.45, 2.75) is 33.3 Å². The average molecular weight is 193 g/mol. The van der Waals surface area contributed by atoms with Crippen LogP contribution in [-0.4, -0.2) is 12.6 Å². The summed E-state index contributed by atoms with van der Waals surface area (Å²) in [6.45, 7) is 6.84. The Morgan fingerprint density at radius 2 is 2.00 bits per heavy atom. The first-order valence-corrected chi connectivity index (χ1v) is 5.11. The molecule has 0 fully saturated rings. The van der Waals surface area contributed by atoms with E-state index in [1.807, 2.05) is 6.07 Å². The lowest BCUT2D eigenvalue weighted by Crippen LogP contribution is -2.25. The van der Waals surface area contributed by atoms with Gasteiger partial charge in [-0.2, -0.15) is 0 Å². The van der Waals surface area contributed by atoms with Crippen LogP contribution < -0.4 is 10.5 Å². The molecular weight excluding hydrogens is 174 g/mol. The maximum absolute atomic E-state index is 5.72. The van der Waals surface area contributed by atoms with Crippen LogP contribution in [0.1, 0.15) is 24.5 Å². The molecule has 1 aromatic carbocycles. The van der Waals surface area contributed by atoms with Gasteiger partial charge in [-0.15, -0.1) is 0 Å². The first-order valence-electron chi connectivity index (χ1n) is 5.11. The van der Waals surface area contributed by atoms with Crippen LogP contribution >= 0.6 is 0 Å². The second kappa shape index (κ2) is 5.01. The van der Waals surface area contributed by atoms with E-state index in [2.05, 4.69) is 32.9 Å². The molecule has 0 spiro atoms. The summed E-state index contributed by atoms with van der Waals surface area (Å²) in [6, 6.07) is 6.14. The molecule has 0 bridgehead atoms. The molecule has 1 aromatic rings. The molecule has 2 heteroatoms. The highest BCUT2D eigenvalue weighted by Gasteiger charge is 2.05. The zero-order chi connectivity index (χ0) is 10.6. The Hall–Kier alpha value is -1.02. The highest BCUT2D eigenvalue weighted by Crippen LogP contribution is 2.18. The van der Waals surface area contributed by atoms with Gasteiger partial charge in [0.25, 0.3) is 0 Å². The Morgan fingerprint density at radius 1 is 1.29 bits per heavy atom. The smallest absolute Gasteiger partial charge is 0.120 e.